The van der Waals surface area contributed by atoms with Crippen LogP contribution in [0.5, 0.6) is 0 Å². The molecule has 9 heteroatoms. The van der Waals surface area contributed by atoms with Crippen molar-refractivity contribution in [3.8, 4) is 6.07 Å². The van der Waals surface area contributed by atoms with Crippen molar-refractivity contribution in [1.82, 2.24) is 4.72 Å². The van der Waals surface area contributed by atoms with Crippen LogP contribution in [0.1, 0.15) is 23.6 Å². The minimum Gasteiger partial charge on any atom is -0.452 e. The third-order valence-corrected chi connectivity index (χ3v) is 5.53. The van der Waals surface area contributed by atoms with Crippen LogP contribution in [-0.4, -0.2) is 32.9 Å². The largest absolute Gasteiger partial charge is 0.452 e. The summed E-state index contributed by atoms with van der Waals surface area (Å²) in [5.74, 6) is -1.50. The highest BCUT2D eigenvalue weighted by Crippen LogP contribution is 2.14. The fourth-order valence-corrected chi connectivity index (χ4v) is 3.37. The third kappa shape index (κ3) is 6.14. The lowest BCUT2D eigenvalue weighted by molar-refractivity contribution is -0.151. The molecule has 0 aromatic heterocycles. The summed E-state index contributed by atoms with van der Waals surface area (Å²) in [4.78, 5) is 24.1. The van der Waals surface area contributed by atoms with Crippen LogP contribution in [-0.2, 0) is 24.3 Å². The first kappa shape index (κ1) is 22.1. The number of aryl methyl sites for hydroxylation is 2. The zero-order valence-electron chi connectivity index (χ0n) is 16.2. The van der Waals surface area contributed by atoms with E-state index in [-0.39, 0.29) is 4.90 Å². The summed E-state index contributed by atoms with van der Waals surface area (Å²) in [6, 6.07) is 12.8. The molecule has 0 bridgehead atoms. The van der Waals surface area contributed by atoms with Crippen molar-refractivity contribution < 1.29 is 22.7 Å². The smallest absolute Gasteiger partial charge is 0.321 e. The molecule has 0 spiro atoms. The Hall–Kier alpha value is -3.22. The van der Waals surface area contributed by atoms with Gasteiger partial charge in [-0.2, -0.15) is 9.98 Å². The first-order chi connectivity index (χ1) is 13.6. The second-order valence-electron chi connectivity index (χ2n) is 6.38. The van der Waals surface area contributed by atoms with Crippen molar-refractivity contribution in [2.75, 3.05) is 11.9 Å². The number of carbonyl (C=O) groups is 2. The molecule has 1 atom stereocenters. The molecular formula is C20H21N3O5S. The van der Waals surface area contributed by atoms with Gasteiger partial charge in [0.2, 0.25) is 10.0 Å². The Morgan fingerprint density at radius 3 is 2.52 bits per heavy atom. The molecule has 0 aliphatic carbocycles. The molecule has 0 saturated heterocycles. The number of hydrogen-bond donors (Lipinski definition) is 2. The van der Waals surface area contributed by atoms with E-state index in [1.54, 1.807) is 31.2 Å². The average Bonchev–Trinajstić information content (AvgIpc) is 2.68. The molecule has 29 heavy (non-hydrogen) atoms. The minimum absolute atomic E-state index is 0.0385. The maximum absolute atomic E-state index is 12.3. The van der Waals surface area contributed by atoms with Gasteiger partial charge >= 0.3 is 5.97 Å². The van der Waals surface area contributed by atoms with E-state index in [4.69, 9.17) is 10.00 Å². The molecule has 2 rings (SSSR count). The van der Waals surface area contributed by atoms with Gasteiger partial charge in [0.05, 0.1) is 16.5 Å². The summed E-state index contributed by atoms with van der Waals surface area (Å²) in [6.07, 6.45) is -1.15. The Labute approximate surface area is 169 Å². The van der Waals surface area contributed by atoms with Gasteiger partial charge in [-0.25, -0.2) is 8.42 Å². The van der Waals surface area contributed by atoms with Crippen molar-refractivity contribution in [2.24, 2.45) is 0 Å². The van der Waals surface area contributed by atoms with Gasteiger partial charge < -0.3 is 10.1 Å². The Kier molecular flexibility index (Phi) is 7.09. The quantitative estimate of drug-likeness (QED) is 0.667. The van der Waals surface area contributed by atoms with E-state index in [0.717, 1.165) is 11.1 Å². The third-order valence-electron chi connectivity index (χ3n) is 4.13. The van der Waals surface area contributed by atoms with E-state index in [2.05, 4.69) is 10.0 Å². The van der Waals surface area contributed by atoms with Crippen LogP contribution in [0.15, 0.2) is 47.4 Å². The monoisotopic (exact) mass is 415 g/mol. The number of rotatable bonds is 7. The van der Waals surface area contributed by atoms with Crippen LogP contribution in [0, 0.1) is 25.2 Å². The predicted molar refractivity (Wildman–Crippen MR) is 106 cm³/mol. The second-order valence-corrected chi connectivity index (χ2v) is 8.15. The standard InChI is InChI=1S/C20H21N3O5S/c1-13-7-8-18(9-14(13)2)29(26,27)22-12-19(24)28-15(3)20(25)23-17-6-4-5-16(10-17)11-21/h4-10,15,22H,12H2,1-3H3,(H,23,25)/t15-/m0/s1. The Bertz CT molecular complexity index is 1070. The summed E-state index contributed by atoms with van der Waals surface area (Å²) in [7, 11) is -3.89. The van der Waals surface area contributed by atoms with E-state index < -0.39 is 34.5 Å². The van der Waals surface area contributed by atoms with Gasteiger partial charge in [0.15, 0.2) is 6.10 Å². The van der Waals surface area contributed by atoms with Crippen LogP contribution >= 0.6 is 0 Å². The van der Waals surface area contributed by atoms with Gasteiger partial charge in [-0.05, 0) is 62.2 Å². The van der Waals surface area contributed by atoms with Crippen molar-refractivity contribution in [3.05, 3.63) is 59.2 Å². The molecule has 152 valence electrons. The molecule has 0 unspecified atom stereocenters. The number of amides is 1. The number of nitrogens with zero attached hydrogens (tertiary/aromatic N) is 1. The highest BCUT2D eigenvalue weighted by Gasteiger charge is 2.21. The SMILES string of the molecule is Cc1ccc(S(=O)(=O)NCC(=O)O[C@@H](C)C(=O)Nc2cccc(C#N)c2)cc1C. The number of hydrogen-bond acceptors (Lipinski definition) is 6. The van der Waals surface area contributed by atoms with Gasteiger partial charge in [0.1, 0.15) is 6.54 Å². The minimum atomic E-state index is -3.89. The molecule has 0 radical (unpaired) electrons. The molecule has 2 N–H and O–H groups in total. The van der Waals surface area contributed by atoms with Crippen LogP contribution in [0.3, 0.4) is 0 Å². The van der Waals surface area contributed by atoms with Gasteiger partial charge in [-0.1, -0.05) is 12.1 Å². The Balaban J connectivity index is 1.91. The summed E-state index contributed by atoms with van der Waals surface area (Å²) >= 11 is 0. The van der Waals surface area contributed by atoms with Crippen LogP contribution in [0.2, 0.25) is 0 Å². The van der Waals surface area contributed by atoms with Crippen molar-refractivity contribution in [3.63, 3.8) is 0 Å². The van der Waals surface area contributed by atoms with E-state index in [9.17, 15) is 18.0 Å². The highest BCUT2D eigenvalue weighted by molar-refractivity contribution is 7.89. The molecule has 0 saturated carbocycles. The number of nitriles is 1. The van der Waals surface area contributed by atoms with Gasteiger partial charge in [-0.15, -0.1) is 0 Å². The zero-order valence-corrected chi connectivity index (χ0v) is 17.0. The number of ether oxygens (including phenoxy) is 1. The number of anilines is 1. The number of nitrogens with one attached hydrogen (secondary N) is 2. The van der Waals surface area contributed by atoms with E-state index in [1.807, 2.05) is 13.0 Å². The van der Waals surface area contributed by atoms with Crippen LogP contribution in [0.4, 0.5) is 5.69 Å². The van der Waals surface area contributed by atoms with Crippen LogP contribution in [0.25, 0.3) is 0 Å². The zero-order chi connectivity index (χ0) is 21.6. The topological polar surface area (TPSA) is 125 Å². The van der Waals surface area contributed by atoms with Crippen molar-refractivity contribution in [2.45, 2.75) is 31.8 Å². The highest BCUT2D eigenvalue weighted by atomic mass is 32.2. The second kappa shape index (κ2) is 9.32. The lowest BCUT2D eigenvalue weighted by Gasteiger charge is -2.14. The molecule has 8 nitrogen and oxygen atoms in total. The normalized spacial score (nSPS) is 11.9. The molecule has 0 aliphatic heterocycles. The lowest BCUT2D eigenvalue weighted by atomic mass is 10.1. The lowest BCUT2D eigenvalue weighted by Crippen LogP contribution is -2.35. The van der Waals surface area contributed by atoms with E-state index >= 15 is 0 Å². The number of esters is 1. The number of carbonyl (C=O) groups excluding carboxylic acids is 2. The van der Waals surface area contributed by atoms with Crippen molar-refractivity contribution in [1.29, 1.82) is 5.26 Å². The molecule has 0 aliphatic rings. The Morgan fingerprint density at radius 1 is 1.14 bits per heavy atom. The maximum Gasteiger partial charge on any atom is 0.321 e. The van der Waals surface area contributed by atoms with E-state index in [0.29, 0.717) is 11.3 Å². The fraction of sp³-hybridized carbons (Fsp3) is 0.250. The van der Waals surface area contributed by atoms with E-state index in [1.165, 1.54) is 25.1 Å². The van der Waals surface area contributed by atoms with Gasteiger partial charge in [-0.3, -0.25) is 9.59 Å². The Morgan fingerprint density at radius 2 is 1.86 bits per heavy atom. The number of benzene rings is 2. The van der Waals surface area contributed by atoms with Gasteiger partial charge in [0, 0.05) is 5.69 Å². The first-order valence-electron chi connectivity index (χ1n) is 8.70. The van der Waals surface area contributed by atoms with Crippen molar-refractivity contribution >= 4 is 27.6 Å². The summed E-state index contributed by atoms with van der Waals surface area (Å²) in [5.41, 5.74) is 2.50. The summed E-state index contributed by atoms with van der Waals surface area (Å²) in [6.45, 7) is 4.39. The molecule has 0 heterocycles. The van der Waals surface area contributed by atoms with Crippen LogP contribution < -0.4 is 10.0 Å². The summed E-state index contributed by atoms with van der Waals surface area (Å²) in [5, 5.41) is 11.4. The fourth-order valence-electron chi connectivity index (χ4n) is 2.32. The predicted octanol–water partition coefficient (Wildman–Crippen LogP) is 2.02. The molecule has 2 aromatic rings. The molecular weight excluding hydrogens is 394 g/mol. The summed E-state index contributed by atoms with van der Waals surface area (Å²) < 4.78 is 31.7. The average molecular weight is 415 g/mol. The number of sulfonamides is 1. The first-order valence-corrected chi connectivity index (χ1v) is 10.2. The maximum atomic E-state index is 12.3. The molecule has 0 fully saturated rings. The molecule has 2 aromatic carbocycles. The van der Waals surface area contributed by atoms with Gasteiger partial charge in [0.25, 0.3) is 5.91 Å². The molecule has 1 amide bonds.